The van der Waals surface area contributed by atoms with Gasteiger partial charge in [-0.15, -0.1) is 0 Å². The van der Waals surface area contributed by atoms with E-state index < -0.39 is 17.3 Å². The van der Waals surface area contributed by atoms with Crippen molar-refractivity contribution in [3.05, 3.63) is 82.6 Å². The van der Waals surface area contributed by atoms with Gasteiger partial charge in [0.2, 0.25) is 5.91 Å². The zero-order valence-electron chi connectivity index (χ0n) is 25.0. The lowest BCUT2D eigenvalue weighted by molar-refractivity contribution is -0.126. The fraction of sp³-hybridized carbons (Fsp3) is 0.364. The molecular weight excluding hydrogens is 566 g/mol. The average Bonchev–Trinajstić information content (AvgIpc) is 3.00. The van der Waals surface area contributed by atoms with Gasteiger partial charge < -0.3 is 14.5 Å². The maximum atomic E-state index is 16.2. The molecule has 5 heterocycles. The van der Waals surface area contributed by atoms with Crippen LogP contribution in [0.4, 0.5) is 14.6 Å². The number of nitrogens with zero attached hydrogens (tertiary/aromatic N) is 6. The summed E-state index contributed by atoms with van der Waals surface area (Å²) in [4.78, 5) is 43.9. The molecule has 0 N–H and O–H groups in total. The SMILES string of the molecule is C=CC(=O)N1CCN(c2nc(=O)n3c4nc(c(F)cc24)-c2c(F)cccc2OCCCCc2cnc(C(C)C)c-3c2)[C@@H](C)C1. The maximum absolute atomic E-state index is 16.2. The number of fused-ring (bicyclic) bond motifs is 6. The molecule has 1 fully saturated rings. The van der Waals surface area contributed by atoms with Crippen molar-refractivity contribution in [3.8, 4) is 22.7 Å². The number of aromatic nitrogens is 4. The largest absolute Gasteiger partial charge is 0.493 e. The van der Waals surface area contributed by atoms with E-state index in [4.69, 9.17) is 14.7 Å². The van der Waals surface area contributed by atoms with Crippen molar-refractivity contribution in [2.24, 2.45) is 0 Å². The van der Waals surface area contributed by atoms with Crippen LogP contribution in [0.5, 0.6) is 5.75 Å². The molecule has 0 aliphatic carbocycles. The van der Waals surface area contributed by atoms with Crippen molar-refractivity contribution in [3.63, 3.8) is 0 Å². The monoisotopic (exact) mass is 600 g/mol. The molecule has 9 nitrogen and oxygen atoms in total. The van der Waals surface area contributed by atoms with E-state index in [1.54, 1.807) is 11.0 Å². The van der Waals surface area contributed by atoms with Crippen LogP contribution in [0.15, 0.2) is 54.0 Å². The van der Waals surface area contributed by atoms with E-state index in [1.807, 2.05) is 37.9 Å². The minimum Gasteiger partial charge on any atom is -0.493 e. The molecule has 1 atom stereocenters. The Kier molecular flexibility index (Phi) is 7.87. The summed E-state index contributed by atoms with van der Waals surface area (Å²) in [6.07, 6.45) is 5.22. The lowest BCUT2D eigenvalue weighted by atomic mass is 10.0. The second-order valence-corrected chi connectivity index (χ2v) is 11.6. The highest BCUT2D eigenvalue weighted by Gasteiger charge is 2.31. The number of halogens is 2. The first-order chi connectivity index (χ1) is 21.2. The number of amides is 1. The first-order valence-corrected chi connectivity index (χ1v) is 14.9. The quantitative estimate of drug-likeness (QED) is 0.299. The number of rotatable bonds is 3. The topological polar surface area (TPSA) is 93.5 Å². The molecule has 4 aromatic rings. The minimum absolute atomic E-state index is 0.0541. The lowest BCUT2D eigenvalue weighted by Crippen LogP contribution is -2.54. The summed E-state index contributed by atoms with van der Waals surface area (Å²) >= 11 is 0. The molecule has 44 heavy (non-hydrogen) atoms. The van der Waals surface area contributed by atoms with Gasteiger partial charge >= 0.3 is 5.69 Å². The summed E-state index contributed by atoms with van der Waals surface area (Å²) in [5.41, 5.74) is 1.22. The van der Waals surface area contributed by atoms with Crippen LogP contribution in [0.1, 0.15) is 50.8 Å². The van der Waals surface area contributed by atoms with Gasteiger partial charge in [0.15, 0.2) is 11.5 Å². The third kappa shape index (κ3) is 5.20. The highest BCUT2D eigenvalue weighted by molar-refractivity contribution is 5.91. The van der Waals surface area contributed by atoms with Crippen LogP contribution in [0.2, 0.25) is 0 Å². The maximum Gasteiger partial charge on any atom is 0.355 e. The number of carbonyl (C=O) groups is 1. The average molecular weight is 601 g/mol. The fourth-order valence-corrected chi connectivity index (χ4v) is 6.05. The van der Waals surface area contributed by atoms with E-state index in [1.165, 1.54) is 28.8 Å². The van der Waals surface area contributed by atoms with E-state index in [0.29, 0.717) is 50.5 Å². The molecular formula is C33H34F2N6O3. The van der Waals surface area contributed by atoms with Crippen LogP contribution >= 0.6 is 0 Å². The van der Waals surface area contributed by atoms with Crippen LogP contribution < -0.4 is 15.3 Å². The summed E-state index contributed by atoms with van der Waals surface area (Å²) in [5, 5.41) is 0.284. The van der Waals surface area contributed by atoms with E-state index in [2.05, 4.69) is 11.6 Å². The van der Waals surface area contributed by atoms with Crippen molar-refractivity contribution in [2.75, 3.05) is 31.1 Å². The molecule has 4 bridgehead atoms. The van der Waals surface area contributed by atoms with Gasteiger partial charge in [0.25, 0.3) is 0 Å². The number of hydrogen-bond donors (Lipinski definition) is 0. The van der Waals surface area contributed by atoms with Crippen LogP contribution in [0.3, 0.4) is 0 Å². The molecule has 1 amide bonds. The standard InChI is InChI=1S/C33H34F2N6O3/c1-5-27(42)39-12-13-40(20(4)18-39)31-22-16-24(35)30-28-23(34)10-8-11-26(28)44-14-7-6-9-21-15-25(29(19(2)3)36-17-21)41(32(22)37-30)33(43)38-31/h5,8,10-11,15-17,19-20H,1,6-7,9,12-14,18H2,2-4H3/t20-/m0/s1. The number of anilines is 1. The Labute approximate surface area is 253 Å². The molecule has 1 aromatic carbocycles. The molecule has 228 valence electrons. The normalized spacial score (nSPS) is 16.9. The van der Waals surface area contributed by atoms with Crippen LogP contribution in [0, 0.1) is 11.6 Å². The summed E-state index contributed by atoms with van der Waals surface area (Å²) in [7, 11) is 0. The van der Waals surface area contributed by atoms with Gasteiger partial charge in [-0.2, -0.15) is 4.98 Å². The van der Waals surface area contributed by atoms with Crippen molar-refractivity contribution < 1.29 is 18.3 Å². The summed E-state index contributed by atoms with van der Waals surface area (Å²) in [6.45, 7) is 10.8. The molecule has 0 spiro atoms. The summed E-state index contributed by atoms with van der Waals surface area (Å²) in [6, 6.07) is 7.27. The molecule has 0 saturated carbocycles. The van der Waals surface area contributed by atoms with E-state index >= 15 is 8.78 Å². The van der Waals surface area contributed by atoms with Gasteiger partial charge in [-0.05, 0) is 68.0 Å². The number of piperazine rings is 1. The minimum atomic E-state index is -0.781. The van der Waals surface area contributed by atoms with Crippen molar-refractivity contribution >= 4 is 22.8 Å². The number of benzene rings is 1. The van der Waals surface area contributed by atoms with Crippen molar-refractivity contribution in [1.82, 2.24) is 24.4 Å². The van der Waals surface area contributed by atoms with Gasteiger partial charge in [0.1, 0.15) is 23.1 Å². The Morgan fingerprint density at radius 2 is 1.95 bits per heavy atom. The molecule has 2 aliphatic heterocycles. The van der Waals surface area contributed by atoms with Gasteiger partial charge in [-0.25, -0.2) is 23.1 Å². The fourth-order valence-electron chi connectivity index (χ4n) is 6.05. The van der Waals surface area contributed by atoms with Crippen LogP contribution in [-0.2, 0) is 11.2 Å². The molecule has 0 unspecified atom stereocenters. The predicted octanol–water partition coefficient (Wildman–Crippen LogP) is 5.18. The number of pyridine rings is 2. The summed E-state index contributed by atoms with van der Waals surface area (Å²) in [5.74, 6) is -1.29. The van der Waals surface area contributed by atoms with E-state index in [-0.39, 0.29) is 51.7 Å². The number of aryl methyl sites for hydroxylation is 1. The molecule has 1 saturated heterocycles. The molecule has 6 rings (SSSR count). The van der Waals surface area contributed by atoms with Crippen molar-refractivity contribution in [2.45, 2.75) is 52.0 Å². The molecule has 2 aliphatic rings. The molecule has 11 heteroatoms. The molecule has 3 aromatic heterocycles. The van der Waals surface area contributed by atoms with Gasteiger partial charge in [-0.1, -0.05) is 26.5 Å². The predicted molar refractivity (Wildman–Crippen MR) is 164 cm³/mol. The number of hydrogen-bond acceptors (Lipinski definition) is 7. The van der Waals surface area contributed by atoms with Gasteiger partial charge in [0.05, 0.1) is 28.9 Å². The lowest BCUT2D eigenvalue weighted by Gasteiger charge is -2.40. The zero-order chi connectivity index (χ0) is 31.1. The highest BCUT2D eigenvalue weighted by atomic mass is 19.1. The number of ether oxygens (including phenoxy) is 1. The van der Waals surface area contributed by atoms with E-state index in [0.717, 1.165) is 12.0 Å². The first-order valence-electron chi connectivity index (χ1n) is 14.9. The summed E-state index contributed by atoms with van der Waals surface area (Å²) < 4.78 is 38.9. The van der Waals surface area contributed by atoms with Crippen LogP contribution in [0.25, 0.3) is 28.0 Å². The van der Waals surface area contributed by atoms with E-state index in [9.17, 15) is 9.59 Å². The third-order valence-corrected chi connectivity index (χ3v) is 8.26. The van der Waals surface area contributed by atoms with Crippen molar-refractivity contribution in [1.29, 1.82) is 0 Å². The molecule has 0 radical (unpaired) electrons. The smallest absolute Gasteiger partial charge is 0.355 e. The third-order valence-electron chi connectivity index (χ3n) is 8.26. The van der Waals surface area contributed by atoms with Gasteiger partial charge in [0, 0.05) is 31.9 Å². The van der Waals surface area contributed by atoms with Crippen LogP contribution in [-0.4, -0.2) is 62.6 Å². The second-order valence-electron chi connectivity index (χ2n) is 11.6. The van der Waals surface area contributed by atoms with Gasteiger partial charge in [-0.3, -0.25) is 9.78 Å². The Morgan fingerprint density at radius 1 is 1.14 bits per heavy atom. The Hall–Kier alpha value is -4.67. The number of carbonyl (C=O) groups excluding carboxylic acids is 1. The zero-order valence-corrected chi connectivity index (χ0v) is 25.0. The highest BCUT2D eigenvalue weighted by Crippen LogP contribution is 2.37. The Bertz CT molecular complexity index is 1840. The second kappa shape index (κ2) is 11.8. The Balaban J connectivity index is 1.66. The Morgan fingerprint density at radius 3 is 2.70 bits per heavy atom. The first kappa shape index (κ1) is 29.4.